The molecule has 1 aromatic carbocycles. The minimum Gasteiger partial charge on any atom is -0.508 e. The van der Waals surface area contributed by atoms with Crippen LogP contribution in [0.5, 0.6) is 5.75 Å². The molecule has 0 aliphatic carbocycles. The van der Waals surface area contributed by atoms with Crippen LogP contribution in [-0.4, -0.2) is 17.7 Å². The average Bonchev–Trinajstić information content (AvgIpc) is 2.91. The van der Waals surface area contributed by atoms with Gasteiger partial charge < -0.3 is 10.4 Å². The lowest BCUT2D eigenvalue weighted by molar-refractivity contribution is 0.474. The highest BCUT2D eigenvalue weighted by Gasteiger charge is 2.02. The second-order valence-electron chi connectivity index (χ2n) is 4.94. The molecule has 102 valence electrons. The zero-order valence-corrected chi connectivity index (χ0v) is 12.1. The Bertz CT molecular complexity index is 464. The van der Waals surface area contributed by atoms with E-state index in [9.17, 15) is 5.11 Å². The highest BCUT2D eigenvalue weighted by Crippen LogP contribution is 2.12. The van der Waals surface area contributed by atoms with Gasteiger partial charge in [-0.05, 0) is 72.8 Å². The largest absolute Gasteiger partial charge is 0.508 e. The van der Waals surface area contributed by atoms with Gasteiger partial charge in [0.1, 0.15) is 5.75 Å². The van der Waals surface area contributed by atoms with E-state index in [0.29, 0.717) is 11.8 Å². The van der Waals surface area contributed by atoms with Crippen molar-refractivity contribution in [3.05, 3.63) is 52.2 Å². The highest BCUT2D eigenvalue weighted by molar-refractivity contribution is 7.07. The molecule has 1 atom stereocenters. The van der Waals surface area contributed by atoms with Gasteiger partial charge in [0.15, 0.2) is 0 Å². The number of nitrogens with one attached hydrogen (secondary N) is 1. The van der Waals surface area contributed by atoms with Crippen LogP contribution in [0.2, 0.25) is 0 Å². The Hall–Kier alpha value is -1.32. The number of phenols is 1. The van der Waals surface area contributed by atoms with Gasteiger partial charge in [0.25, 0.3) is 0 Å². The summed E-state index contributed by atoms with van der Waals surface area (Å²) in [6.45, 7) is 3.27. The van der Waals surface area contributed by atoms with Crippen molar-refractivity contribution in [3.8, 4) is 5.75 Å². The van der Waals surface area contributed by atoms with Gasteiger partial charge in [-0.2, -0.15) is 11.3 Å². The first-order chi connectivity index (χ1) is 9.24. The van der Waals surface area contributed by atoms with Gasteiger partial charge in [-0.15, -0.1) is 0 Å². The Balaban J connectivity index is 1.64. The van der Waals surface area contributed by atoms with Gasteiger partial charge in [-0.1, -0.05) is 12.1 Å². The van der Waals surface area contributed by atoms with Crippen LogP contribution in [0.15, 0.2) is 41.1 Å². The molecule has 19 heavy (non-hydrogen) atoms. The first kappa shape index (κ1) is 14.1. The van der Waals surface area contributed by atoms with Gasteiger partial charge in [-0.25, -0.2) is 0 Å². The number of hydrogen-bond acceptors (Lipinski definition) is 3. The summed E-state index contributed by atoms with van der Waals surface area (Å²) >= 11 is 1.76. The zero-order valence-electron chi connectivity index (χ0n) is 11.3. The smallest absolute Gasteiger partial charge is 0.115 e. The van der Waals surface area contributed by atoms with E-state index in [0.717, 1.165) is 25.8 Å². The SMILES string of the molecule is CC(CCc1ccc(O)cc1)NCCc1ccsc1. The second kappa shape index (κ2) is 7.31. The molecule has 3 heteroatoms. The third-order valence-electron chi connectivity index (χ3n) is 3.29. The Kier molecular flexibility index (Phi) is 5.43. The molecule has 1 unspecified atom stereocenters. The molecule has 1 aromatic heterocycles. The summed E-state index contributed by atoms with van der Waals surface area (Å²) in [7, 11) is 0. The van der Waals surface area contributed by atoms with Crippen molar-refractivity contribution >= 4 is 11.3 Å². The standard InChI is InChI=1S/C16H21NOS/c1-13(17-10-8-15-9-11-19-12-15)2-3-14-4-6-16(18)7-5-14/h4-7,9,11-13,17-18H,2-3,8,10H2,1H3. The van der Waals surface area contributed by atoms with Gasteiger partial charge in [0, 0.05) is 6.04 Å². The van der Waals surface area contributed by atoms with Crippen LogP contribution in [0, 0.1) is 0 Å². The summed E-state index contributed by atoms with van der Waals surface area (Å²) in [5.41, 5.74) is 2.70. The molecule has 2 rings (SSSR count). The molecule has 0 saturated heterocycles. The minimum atomic E-state index is 0.339. The number of benzene rings is 1. The van der Waals surface area contributed by atoms with Crippen LogP contribution in [0.3, 0.4) is 0 Å². The van der Waals surface area contributed by atoms with Crippen molar-refractivity contribution in [1.82, 2.24) is 5.32 Å². The van der Waals surface area contributed by atoms with Crippen LogP contribution in [0.1, 0.15) is 24.5 Å². The lowest BCUT2D eigenvalue weighted by Gasteiger charge is -2.13. The fourth-order valence-corrected chi connectivity index (χ4v) is 2.75. The summed E-state index contributed by atoms with van der Waals surface area (Å²) in [5, 5.41) is 17.1. The zero-order chi connectivity index (χ0) is 13.5. The lowest BCUT2D eigenvalue weighted by Crippen LogP contribution is -2.28. The topological polar surface area (TPSA) is 32.3 Å². The number of aryl methyl sites for hydroxylation is 1. The van der Waals surface area contributed by atoms with Crippen LogP contribution >= 0.6 is 11.3 Å². The second-order valence-corrected chi connectivity index (χ2v) is 5.72. The summed E-state index contributed by atoms with van der Waals surface area (Å²) in [6, 6.07) is 10.2. The maximum absolute atomic E-state index is 9.23. The lowest BCUT2D eigenvalue weighted by atomic mass is 10.1. The van der Waals surface area contributed by atoms with E-state index in [1.54, 1.807) is 23.5 Å². The third kappa shape index (κ3) is 5.05. The first-order valence-electron chi connectivity index (χ1n) is 6.76. The Morgan fingerprint density at radius 3 is 2.58 bits per heavy atom. The minimum absolute atomic E-state index is 0.339. The molecule has 0 aliphatic heterocycles. The van der Waals surface area contributed by atoms with E-state index in [4.69, 9.17) is 0 Å². The van der Waals surface area contributed by atoms with Crippen molar-refractivity contribution in [2.75, 3.05) is 6.54 Å². The van der Waals surface area contributed by atoms with Crippen molar-refractivity contribution in [2.45, 2.75) is 32.2 Å². The molecule has 2 nitrogen and oxygen atoms in total. The quantitative estimate of drug-likeness (QED) is 0.809. The number of thiophene rings is 1. The number of phenolic OH excluding ortho intramolecular Hbond substituents is 1. The molecule has 2 aromatic rings. The Morgan fingerprint density at radius 2 is 1.89 bits per heavy atom. The van der Waals surface area contributed by atoms with Crippen LogP contribution in [0.25, 0.3) is 0 Å². The molecule has 0 amide bonds. The molecule has 0 radical (unpaired) electrons. The Labute approximate surface area is 119 Å². The predicted octanol–water partition coefficient (Wildman–Crippen LogP) is 3.61. The monoisotopic (exact) mass is 275 g/mol. The molecule has 1 heterocycles. The maximum atomic E-state index is 9.23. The molecule has 0 fully saturated rings. The van der Waals surface area contributed by atoms with Crippen molar-refractivity contribution in [3.63, 3.8) is 0 Å². The fourth-order valence-electron chi connectivity index (χ4n) is 2.05. The van der Waals surface area contributed by atoms with E-state index in [-0.39, 0.29) is 0 Å². The third-order valence-corrected chi connectivity index (χ3v) is 4.02. The molecule has 2 N–H and O–H groups in total. The number of hydrogen-bond donors (Lipinski definition) is 2. The number of rotatable bonds is 7. The highest BCUT2D eigenvalue weighted by atomic mass is 32.1. The van der Waals surface area contributed by atoms with Crippen LogP contribution in [-0.2, 0) is 12.8 Å². The first-order valence-corrected chi connectivity index (χ1v) is 7.70. The number of aromatic hydroxyl groups is 1. The fraction of sp³-hybridized carbons (Fsp3) is 0.375. The van der Waals surface area contributed by atoms with Crippen molar-refractivity contribution in [2.24, 2.45) is 0 Å². The van der Waals surface area contributed by atoms with Crippen molar-refractivity contribution < 1.29 is 5.11 Å². The maximum Gasteiger partial charge on any atom is 0.115 e. The average molecular weight is 275 g/mol. The molecule has 0 spiro atoms. The molecular weight excluding hydrogens is 254 g/mol. The van der Waals surface area contributed by atoms with Crippen LogP contribution in [0.4, 0.5) is 0 Å². The molecular formula is C16H21NOS. The van der Waals surface area contributed by atoms with E-state index < -0.39 is 0 Å². The predicted molar refractivity (Wildman–Crippen MR) is 81.9 cm³/mol. The normalized spacial score (nSPS) is 12.5. The van der Waals surface area contributed by atoms with E-state index in [1.807, 2.05) is 12.1 Å². The van der Waals surface area contributed by atoms with Crippen LogP contribution < -0.4 is 5.32 Å². The van der Waals surface area contributed by atoms with Gasteiger partial charge >= 0.3 is 0 Å². The van der Waals surface area contributed by atoms with Crippen molar-refractivity contribution in [1.29, 1.82) is 0 Å². The molecule has 0 bridgehead atoms. The molecule has 0 saturated carbocycles. The summed E-state index contributed by atoms with van der Waals surface area (Å²) in [5.74, 6) is 0.339. The summed E-state index contributed by atoms with van der Waals surface area (Å²) < 4.78 is 0. The van der Waals surface area contributed by atoms with Gasteiger partial charge in [-0.3, -0.25) is 0 Å². The van der Waals surface area contributed by atoms with E-state index >= 15 is 0 Å². The Morgan fingerprint density at radius 1 is 1.11 bits per heavy atom. The van der Waals surface area contributed by atoms with Gasteiger partial charge in [0.05, 0.1) is 0 Å². The van der Waals surface area contributed by atoms with Gasteiger partial charge in [0.2, 0.25) is 0 Å². The summed E-state index contributed by atoms with van der Waals surface area (Å²) in [4.78, 5) is 0. The van der Waals surface area contributed by atoms with E-state index in [2.05, 4.69) is 29.1 Å². The van der Waals surface area contributed by atoms with E-state index in [1.165, 1.54) is 11.1 Å². The summed E-state index contributed by atoms with van der Waals surface area (Å²) in [6.07, 6.45) is 3.27. The molecule has 0 aliphatic rings.